The third-order valence-electron chi connectivity index (χ3n) is 8.09. The topological polar surface area (TPSA) is 25.8 Å². The highest BCUT2D eigenvalue weighted by molar-refractivity contribution is 5.74. The molecule has 0 amide bonds. The molecule has 4 aromatic carbocycles. The fourth-order valence-corrected chi connectivity index (χ4v) is 5.40. The molecule has 0 aliphatic carbocycles. The maximum atomic E-state index is 14.6. The van der Waals surface area contributed by atoms with Gasteiger partial charge in [-0.1, -0.05) is 48.5 Å². The monoisotopic (exact) mass is 682 g/mol. The van der Waals surface area contributed by atoms with Gasteiger partial charge < -0.3 is 0 Å². The predicted molar refractivity (Wildman–Crippen MR) is 162 cm³/mol. The molecule has 6 rings (SSSR count). The Morgan fingerprint density at radius 1 is 0.367 bits per heavy atom. The fourth-order valence-electron chi connectivity index (χ4n) is 5.40. The number of pyridine rings is 2. The van der Waals surface area contributed by atoms with Crippen LogP contribution in [0.1, 0.15) is 25.2 Å². The molecule has 0 unspecified atom stereocenters. The van der Waals surface area contributed by atoms with Crippen LogP contribution in [0.25, 0.3) is 44.8 Å². The van der Waals surface area contributed by atoms with Gasteiger partial charge in [0, 0.05) is 16.5 Å². The smallest absolute Gasteiger partial charge is 0.200 e. The van der Waals surface area contributed by atoms with Crippen molar-refractivity contribution in [1.29, 1.82) is 0 Å². The largest absolute Gasteiger partial charge is 0.252 e. The van der Waals surface area contributed by atoms with Crippen molar-refractivity contribution in [2.75, 3.05) is 0 Å². The second-order valence-corrected chi connectivity index (χ2v) is 11.5. The van der Waals surface area contributed by atoms with Gasteiger partial charge in [-0.3, -0.25) is 9.97 Å². The average Bonchev–Trinajstić information content (AvgIpc) is 3.12. The van der Waals surface area contributed by atoms with E-state index in [1.807, 2.05) is 0 Å². The van der Waals surface area contributed by atoms with Crippen molar-refractivity contribution in [2.24, 2.45) is 0 Å². The van der Waals surface area contributed by atoms with E-state index in [0.717, 1.165) is 0 Å². The third kappa shape index (κ3) is 5.70. The summed E-state index contributed by atoms with van der Waals surface area (Å²) in [6.07, 6.45) is 0. The molecular formula is C37H20F10N2. The molecule has 49 heavy (non-hydrogen) atoms. The molecule has 0 spiro atoms. The molecule has 0 N–H and O–H groups in total. The zero-order valence-electron chi connectivity index (χ0n) is 25.3. The van der Waals surface area contributed by atoms with Gasteiger partial charge in [-0.2, -0.15) is 0 Å². The SMILES string of the molecule is CC(C)(c1cccc(-c2cccc(-c3c(F)c(F)c(F)c(F)c3F)c2)n1)c1cccc(-c2cccc(-c3c(F)c(F)c(F)c(F)c3F)c2)n1. The van der Waals surface area contributed by atoms with Gasteiger partial charge in [0.25, 0.3) is 0 Å². The van der Waals surface area contributed by atoms with E-state index in [-0.39, 0.29) is 11.1 Å². The van der Waals surface area contributed by atoms with Gasteiger partial charge >= 0.3 is 0 Å². The molecule has 0 fully saturated rings. The van der Waals surface area contributed by atoms with Crippen LogP contribution >= 0.6 is 0 Å². The van der Waals surface area contributed by atoms with Crippen LogP contribution in [0.15, 0.2) is 84.9 Å². The van der Waals surface area contributed by atoms with Crippen LogP contribution in [0.2, 0.25) is 0 Å². The first-order valence-electron chi connectivity index (χ1n) is 14.4. The molecule has 2 aromatic heterocycles. The molecule has 2 heterocycles. The van der Waals surface area contributed by atoms with Crippen molar-refractivity contribution >= 4 is 0 Å². The first kappa shape index (κ1) is 33.4. The Bertz CT molecular complexity index is 2070. The van der Waals surface area contributed by atoms with Crippen molar-refractivity contribution < 1.29 is 43.9 Å². The predicted octanol–water partition coefficient (Wildman–Crippen LogP) is 10.9. The van der Waals surface area contributed by atoms with Gasteiger partial charge in [-0.05, 0) is 61.4 Å². The average molecular weight is 683 g/mol. The molecule has 0 bridgehead atoms. The van der Waals surface area contributed by atoms with Gasteiger partial charge in [0.15, 0.2) is 46.5 Å². The number of benzene rings is 4. The van der Waals surface area contributed by atoms with E-state index in [0.29, 0.717) is 33.9 Å². The van der Waals surface area contributed by atoms with Crippen LogP contribution in [0.4, 0.5) is 43.9 Å². The summed E-state index contributed by atoms with van der Waals surface area (Å²) in [5, 5.41) is 0. The van der Waals surface area contributed by atoms with Crippen molar-refractivity contribution in [3.05, 3.63) is 154 Å². The number of hydrogen-bond donors (Lipinski definition) is 0. The summed E-state index contributed by atoms with van der Waals surface area (Å²) >= 11 is 0. The quantitative estimate of drug-likeness (QED) is 0.0993. The number of nitrogens with zero attached hydrogens (tertiary/aromatic N) is 2. The van der Waals surface area contributed by atoms with Crippen LogP contribution in [-0.4, -0.2) is 9.97 Å². The Balaban J connectivity index is 1.36. The highest BCUT2D eigenvalue weighted by Crippen LogP contribution is 2.37. The highest BCUT2D eigenvalue weighted by Gasteiger charge is 2.30. The van der Waals surface area contributed by atoms with Crippen molar-refractivity contribution in [3.8, 4) is 44.8 Å². The molecule has 0 saturated heterocycles. The van der Waals surface area contributed by atoms with E-state index in [9.17, 15) is 43.9 Å². The van der Waals surface area contributed by atoms with Crippen molar-refractivity contribution in [3.63, 3.8) is 0 Å². The molecule has 0 aliphatic heterocycles. The zero-order chi connectivity index (χ0) is 35.4. The molecule has 2 nitrogen and oxygen atoms in total. The van der Waals surface area contributed by atoms with Gasteiger partial charge in [0.2, 0.25) is 11.6 Å². The molecular weight excluding hydrogens is 662 g/mol. The van der Waals surface area contributed by atoms with E-state index >= 15 is 0 Å². The number of rotatable bonds is 6. The molecule has 12 heteroatoms. The molecule has 248 valence electrons. The van der Waals surface area contributed by atoms with Gasteiger partial charge in [0.1, 0.15) is 0 Å². The second kappa shape index (κ2) is 12.5. The van der Waals surface area contributed by atoms with Crippen LogP contribution in [0, 0.1) is 58.2 Å². The summed E-state index contributed by atoms with van der Waals surface area (Å²) in [6.45, 7) is 3.59. The molecule has 0 aliphatic rings. The number of hydrogen-bond acceptors (Lipinski definition) is 2. The molecule has 6 aromatic rings. The van der Waals surface area contributed by atoms with E-state index in [4.69, 9.17) is 9.97 Å². The number of aromatic nitrogens is 2. The van der Waals surface area contributed by atoms with Gasteiger partial charge in [-0.15, -0.1) is 0 Å². The van der Waals surface area contributed by atoms with Crippen molar-refractivity contribution in [2.45, 2.75) is 19.3 Å². The Hall–Kier alpha value is -5.52. The lowest BCUT2D eigenvalue weighted by atomic mass is 9.84. The van der Waals surface area contributed by atoms with E-state index in [1.54, 1.807) is 62.4 Å². The Morgan fingerprint density at radius 3 is 1.00 bits per heavy atom. The minimum atomic E-state index is -2.27. The van der Waals surface area contributed by atoms with Gasteiger partial charge in [-0.25, -0.2) is 43.9 Å². The zero-order valence-corrected chi connectivity index (χ0v) is 25.3. The Kier molecular flexibility index (Phi) is 8.51. The lowest BCUT2D eigenvalue weighted by Gasteiger charge is -2.25. The molecule has 0 saturated carbocycles. The van der Waals surface area contributed by atoms with E-state index < -0.39 is 74.7 Å². The standard InChI is InChI=1S/C37H20F10N2/c1-37(2,23-13-5-11-21(48-23)17-7-3-9-19(15-17)25-27(38)31(42)35(46)32(43)28(25)39)24-14-6-12-22(49-24)18-8-4-10-20(16-18)26-29(40)33(44)36(47)34(45)30(26)41/h3-16H,1-2H3. The van der Waals surface area contributed by atoms with Crippen LogP contribution in [0.3, 0.4) is 0 Å². The van der Waals surface area contributed by atoms with E-state index in [2.05, 4.69) is 0 Å². The van der Waals surface area contributed by atoms with E-state index in [1.165, 1.54) is 36.4 Å². The molecule has 0 radical (unpaired) electrons. The first-order valence-corrected chi connectivity index (χ1v) is 14.4. The highest BCUT2D eigenvalue weighted by atomic mass is 19.2. The minimum absolute atomic E-state index is 0.265. The lowest BCUT2D eigenvalue weighted by molar-refractivity contribution is 0.381. The minimum Gasteiger partial charge on any atom is -0.252 e. The van der Waals surface area contributed by atoms with Crippen LogP contribution in [0.5, 0.6) is 0 Å². The number of halogens is 10. The first-order chi connectivity index (χ1) is 23.2. The van der Waals surface area contributed by atoms with Gasteiger partial charge in [0.05, 0.1) is 33.9 Å². The summed E-state index contributed by atoms with van der Waals surface area (Å²) in [6, 6.07) is 20.6. The van der Waals surface area contributed by atoms with Crippen LogP contribution in [-0.2, 0) is 5.41 Å². The summed E-state index contributed by atoms with van der Waals surface area (Å²) in [7, 11) is 0. The summed E-state index contributed by atoms with van der Waals surface area (Å²) in [4.78, 5) is 9.40. The third-order valence-corrected chi connectivity index (χ3v) is 8.09. The van der Waals surface area contributed by atoms with Crippen molar-refractivity contribution in [1.82, 2.24) is 9.97 Å². The summed E-state index contributed by atoms with van der Waals surface area (Å²) in [5.41, 5.74) is -1.46. The Morgan fingerprint density at radius 2 is 0.653 bits per heavy atom. The normalized spacial score (nSPS) is 11.7. The molecule has 0 atom stereocenters. The summed E-state index contributed by atoms with van der Waals surface area (Å²) in [5.74, 6) is -20.7. The second-order valence-electron chi connectivity index (χ2n) is 11.5. The lowest BCUT2D eigenvalue weighted by Crippen LogP contribution is -2.22. The maximum absolute atomic E-state index is 14.6. The maximum Gasteiger partial charge on any atom is 0.200 e. The fraction of sp³-hybridized carbons (Fsp3) is 0.0811. The van der Waals surface area contributed by atoms with Crippen LogP contribution < -0.4 is 0 Å². The Labute approximate surface area is 272 Å². The summed E-state index contributed by atoms with van der Waals surface area (Å²) < 4.78 is 141.